The van der Waals surface area contributed by atoms with Gasteiger partial charge in [-0.05, 0) is 13.8 Å². The van der Waals surface area contributed by atoms with E-state index in [4.69, 9.17) is 19.1 Å². The molecule has 0 unspecified atom stereocenters. The van der Waals surface area contributed by atoms with E-state index in [1.807, 2.05) is 0 Å². The molecular weight excluding hydrogens is 281 g/mol. The number of hydrogen-bond donors (Lipinski definition) is 1. The summed E-state index contributed by atoms with van der Waals surface area (Å²) in [5.74, 6) is -1.12. The molecule has 7 heteroatoms. The van der Waals surface area contributed by atoms with Gasteiger partial charge in [-0.2, -0.15) is 0 Å². The molecule has 0 aliphatic rings. The molecule has 1 aromatic carbocycles. The van der Waals surface area contributed by atoms with E-state index in [-0.39, 0.29) is 34.1 Å². The van der Waals surface area contributed by atoms with Crippen LogP contribution in [0.25, 0.3) is 11.3 Å². The second-order valence-electron chi connectivity index (χ2n) is 4.39. The van der Waals surface area contributed by atoms with Crippen molar-refractivity contribution >= 4 is 5.97 Å². The molecule has 1 aromatic heterocycles. The second-order valence-corrected chi connectivity index (χ2v) is 4.39. The molecule has 2 rings (SSSR count). The number of nitrogens with zero attached hydrogens (tertiary/aromatic N) is 1. The first-order valence-corrected chi connectivity index (χ1v) is 6.03. The molecule has 0 bridgehead atoms. The van der Waals surface area contributed by atoms with E-state index < -0.39 is 11.8 Å². The number of carbonyl (C=O) groups is 1. The molecule has 1 N–H and O–H groups in total. The van der Waals surface area contributed by atoms with Crippen molar-refractivity contribution in [2.75, 3.05) is 14.2 Å². The number of aromatic nitrogens is 1. The third kappa shape index (κ3) is 2.31. The summed E-state index contributed by atoms with van der Waals surface area (Å²) in [6, 6.07) is 1.21. The van der Waals surface area contributed by atoms with Gasteiger partial charge in [0, 0.05) is 17.2 Å². The fourth-order valence-electron chi connectivity index (χ4n) is 2.18. The van der Waals surface area contributed by atoms with E-state index in [0.29, 0.717) is 5.56 Å². The monoisotopic (exact) mass is 295 g/mol. The van der Waals surface area contributed by atoms with Gasteiger partial charge in [0.1, 0.15) is 5.82 Å². The van der Waals surface area contributed by atoms with Crippen LogP contribution >= 0.6 is 0 Å². The van der Waals surface area contributed by atoms with Crippen LogP contribution in [0, 0.1) is 19.7 Å². The van der Waals surface area contributed by atoms with Gasteiger partial charge >= 0.3 is 5.97 Å². The Hall–Kier alpha value is -2.57. The van der Waals surface area contributed by atoms with Gasteiger partial charge in [-0.3, -0.25) is 0 Å². The van der Waals surface area contributed by atoms with Gasteiger partial charge in [0.15, 0.2) is 23.0 Å². The summed E-state index contributed by atoms with van der Waals surface area (Å²) in [6.07, 6.45) is 0. The molecule has 112 valence electrons. The maximum absolute atomic E-state index is 14.3. The lowest BCUT2D eigenvalue weighted by atomic mass is 9.99. The Labute approximate surface area is 120 Å². The topological polar surface area (TPSA) is 81.8 Å². The molecule has 0 fully saturated rings. The van der Waals surface area contributed by atoms with Crippen LogP contribution in [0.15, 0.2) is 10.6 Å². The fraction of sp³-hybridized carbons (Fsp3) is 0.286. The van der Waals surface area contributed by atoms with Crippen molar-refractivity contribution < 1.29 is 28.3 Å². The van der Waals surface area contributed by atoms with Crippen molar-refractivity contribution in [2.45, 2.75) is 13.8 Å². The highest BCUT2D eigenvalue weighted by Crippen LogP contribution is 2.44. The Bertz CT molecular complexity index is 708. The van der Waals surface area contributed by atoms with Crippen molar-refractivity contribution in [2.24, 2.45) is 0 Å². The van der Waals surface area contributed by atoms with E-state index in [2.05, 4.69) is 5.16 Å². The predicted octanol–water partition coefficient (Wildman–Crippen LogP) is 2.81. The number of methoxy groups -OCH3 is 2. The standard InChI is InChI=1S/C14H14FNO5/c1-6-10(9-5-8(14(17)18)16-21-9)13(20-4)12(19-3)7(2)11(6)15/h5H,1-4H3,(H,17,18). The third-order valence-electron chi connectivity index (χ3n) is 3.19. The number of rotatable bonds is 4. The van der Waals surface area contributed by atoms with E-state index >= 15 is 0 Å². The van der Waals surface area contributed by atoms with Gasteiger partial charge in [-0.15, -0.1) is 0 Å². The van der Waals surface area contributed by atoms with Crippen molar-refractivity contribution in [1.82, 2.24) is 5.16 Å². The van der Waals surface area contributed by atoms with Crippen molar-refractivity contribution in [3.63, 3.8) is 0 Å². The van der Waals surface area contributed by atoms with E-state index in [0.717, 1.165) is 0 Å². The Morgan fingerprint density at radius 3 is 2.33 bits per heavy atom. The zero-order chi connectivity index (χ0) is 15.7. The molecule has 21 heavy (non-hydrogen) atoms. The Balaban J connectivity index is 2.77. The number of benzene rings is 1. The first-order chi connectivity index (χ1) is 9.92. The normalized spacial score (nSPS) is 10.5. The lowest BCUT2D eigenvalue weighted by Crippen LogP contribution is -2.01. The molecule has 0 saturated heterocycles. The third-order valence-corrected chi connectivity index (χ3v) is 3.19. The molecule has 0 radical (unpaired) electrons. The number of aromatic carboxylic acids is 1. The Morgan fingerprint density at radius 2 is 1.86 bits per heavy atom. The lowest BCUT2D eigenvalue weighted by Gasteiger charge is -2.17. The number of hydrogen-bond acceptors (Lipinski definition) is 5. The zero-order valence-corrected chi connectivity index (χ0v) is 12.0. The molecule has 0 aliphatic carbocycles. The van der Waals surface area contributed by atoms with Gasteiger partial charge in [0.25, 0.3) is 0 Å². The van der Waals surface area contributed by atoms with Crippen LogP contribution in [0.2, 0.25) is 0 Å². The first kappa shape index (κ1) is 14.8. The molecule has 1 heterocycles. The summed E-state index contributed by atoms with van der Waals surface area (Å²) in [4.78, 5) is 10.9. The van der Waals surface area contributed by atoms with Gasteiger partial charge in [-0.1, -0.05) is 5.16 Å². The van der Waals surface area contributed by atoms with Crippen LogP contribution in [0.3, 0.4) is 0 Å². The maximum atomic E-state index is 14.3. The molecule has 2 aromatic rings. The minimum Gasteiger partial charge on any atom is -0.492 e. The minimum absolute atomic E-state index is 0.0963. The minimum atomic E-state index is -1.24. The zero-order valence-electron chi connectivity index (χ0n) is 12.0. The van der Waals surface area contributed by atoms with Gasteiger partial charge < -0.3 is 19.1 Å². The van der Waals surface area contributed by atoms with Crippen molar-refractivity contribution in [3.05, 3.63) is 28.7 Å². The molecular formula is C14H14FNO5. The largest absolute Gasteiger partial charge is 0.492 e. The summed E-state index contributed by atoms with van der Waals surface area (Å²) in [5, 5.41) is 12.3. The van der Waals surface area contributed by atoms with Crippen LogP contribution in [0.4, 0.5) is 4.39 Å². The van der Waals surface area contributed by atoms with Gasteiger partial charge in [0.2, 0.25) is 0 Å². The van der Waals surface area contributed by atoms with Crippen LogP contribution < -0.4 is 9.47 Å². The Morgan fingerprint density at radius 1 is 1.24 bits per heavy atom. The average Bonchev–Trinajstić information content (AvgIpc) is 2.94. The number of halogens is 1. The summed E-state index contributed by atoms with van der Waals surface area (Å²) < 4.78 is 29.7. The smallest absolute Gasteiger partial charge is 0.358 e. The van der Waals surface area contributed by atoms with Gasteiger partial charge in [-0.25, -0.2) is 9.18 Å². The molecule has 0 spiro atoms. The van der Waals surface area contributed by atoms with Crippen molar-refractivity contribution in [1.29, 1.82) is 0 Å². The molecule has 6 nitrogen and oxygen atoms in total. The predicted molar refractivity (Wildman–Crippen MR) is 71.4 cm³/mol. The van der Waals surface area contributed by atoms with Crippen LogP contribution in [-0.2, 0) is 0 Å². The Kier molecular flexibility index (Phi) is 3.84. The molecule has 0 aliphatic heterocycles. The highest BCUT2D eigenvalue weighted by Gasteiger charge is 2.25. The SMILES string of the molecule is COc1c(C)c(F)c(C)c(-c2cc(C(=O)O)no2)c1OC. The maximum Gasteiger partial charge on any atom is 0.358 e. The first-order valence-electron chi connectivity index (χ1n) is 6.03. The average molecular weight is 295 g/mol. The molecule has 0 saturated carbocycles. The molecule has 0 amide bonds. The summed E-state index contributed by atoms with van der Waals surface area (Å²) in [7, 11) is 2.80. The van der Waals surface area contributed by atoms with Crippen molar-refractivity contribution in [3.8, 4) is 22.8 Å². The highest BCUT2D eigenvalue weighted by molar-refractivity contribution is 5.87. The summed E-state index contributed by atoms with van der Waals surface area (Å²) >= 11 is 0. The van der Waals surface area contributed by atoms with E-state index in [9.17, 15) is 9.18 Å². The van der Waals surface area contributed by atoms with E-state index in [1.165, 1.54) is 20.3 Å². The summed E-state index contributed by atoms with van der Waals surface area (Å²) in [5.41, 5.74) is 0.565. The second kappa shape index (κ2) is 5.43. The summed E-state index contributed by atoms with van der Waals surface area (Å²) in [6.45, 7) is 3.11. The number of carboxylic acids is 1. The number of ether oxygens (including phenoxy) is 2. The van der Waals surface area contributed by atoms with Gasteiger partial charge in [0.05, 0.1) is 19.8 Å². The van der Waals surface area contributed by atoms with Crippen LogP contribution in [-0.4, -0.2) is 30.5 Å². The quantitative estimate of drug-likeness (QED) is 0.934. The van der Waals surface area contributed by atoms with Crippen LogP contribution in [0.1, 0.15) is 21.6 Å². The lowest BCUT2D eigenvalue weighted by molar-refractivity contribution is 0.0686. The highest BCUT2D eigenvalue weighted by atomic mass is 19.1. The van der Waals surface area contributed by atoms with E-state index in [1.54, 1.807) is 13.8 Å². The van der Waals surface area contributed by atoms with Crippen LogP contribution in [0.5, 0.6) is 11.5 Å². The number of carboxylic acid groups (broad SMARTS) is 1. The molecule has 0 atom stereocenters. The fourth-order valence-corrected chi connectivity index (χ4v) is 2.18.